The van der Waals surface area contributed by atoms with Crippen LogP contribution in [0.1, 0.15) is 0 Å². The molecule has 0 atom stereocenters. The number of alkyl halides is 25. The molecule has 0 saturated heterocycles. The molecule has 0 aliphatic rings. The van der Waals surface area contributed by atoms with E-state index in [1.807, 2.05) is 0 Å². The summed E-state index contributed by atoms with van der Waals surface area (Å²) in [5.41, 5.74) is 0. The summed E-state index contributed by atoms with van der Waals surface area (Å²) in [6.45, 7) is 0. The van der Waals surface area contributed by atoms with Crippen molar-refractivity contribution in [1.82, 2.24) is 0 Å². The Bertz CT molecular complexity index is 1110. The Balaban J connectivity index is 6.60. The monoisotopic (exact) mass is 764 g/mol. The molecule has 0 rings (SSSR count). The van der Waals surface area contributed by atoms with Crippen molar-refractivity contribution in [3.63, 3.8) is 0 Å². The Labute approximate surface area is 228 Å². The van der Waals surface area contributed by atoms with Gasteiger partial charge < -0.3 is 4.74 Å². The molecule has 32 heteroatoms. The number of halogens is 28. The van der Waals surface area contributed by atoms with Crippen LogP contribution >= 0.6 is 0 Å². The second kappa shape index (κ2) is 11.6. The van der Waals surface area contributed by atoms with Crippen molar-refractivity contribution in [3.8, 4) is 0 Å². The topological polar surface area (TPSA) is 36.9 Å². The lowest BCUT2D eigenvalue weighted by Crippen LogP contribution is -2.67. The Morgan fingerprint density at radius 2 is 0.478 bits per heavy atom. The molecule has 0 aromatic heterocycles. The number of ether oxygens (including phenoxy) is 4. The van der Waals surface area contributed by atoms with Crippen LogP contribution in [0.15, 0.2) is 12.1 Å². The van der Waals surface area contributed by atoms with Crippen molar-refractivity contribution < 1.29 is 142 Å². The molecule has 0 aromatic carbocycles. The minimum atomic E-state index is -8.80. The number of rotatable bonds is 15. The minimum Gasteiger partial charge on any atom is -0.397 e. The smallest absolute Gasteiger partial charge is 0.397 e. The van der Waals surface area contributed by atoms with Gasteiger partial charge in [-0.15, -0.1) is 0 Å². The average molecular weight is 764 g/mol. The Kier molecular flexibility index (Phi) is 10.9. The number of hydrogen-bond acceptors (Lipinski definition) is 4. The van der Waals surface area contributed by atoms with Gasteiger partial charge in [0.05, 0.1) is 0 Å². The Hall–Kier alpha value is -2.54. The summed E-state index contributed by atoms with van der Waals surface area (Å²) < 4.78 is 365. The Morgan fingerprint density at radius 3 is 0.674 bits per heavy atom. The fourth-order valence-corrected chi connectivity index (χ4v) is 1.76. The molecule has 0 heterocycles. The van der Waals surface area contributed by atoms with Crippen LogP contribution in [0.2, 0.25) is 0 Å². The van der Waals surface area contributed by atoms with Gasteiger partial charge in [0, 0.05) is 0 Å². The zero-order valence-electron chi connectivity index (χ0n) is 19.2. The van der Waals surface area contributed by atoms with E-state index in [1.165, 1.54) is 0 Å². The molecule has 0 bridgehead atoms. The molecule has 0 unspecified atom stereocenters. The van der Waals surface area contributed by atoms with E-state index >= 15 is 0 Å². The minimum absolute atomic E-state index is 0.856. The summed E-state index contributed by atoms with van der Waals surface area (Å²) in [7, 11) is 0. The summed E-state index contributed by atoms with van der Waals surface area (Å²) in [6, 6.07) is -4.25. The molecule has 0 radical (unpaired) electrons. The predicted molar refractivity (Wildman–Crippen MR) is 75.2 cm³/mol. The third-order valence-corrected chi connectivity index (χ3v) is 4.05. The van der Waals surface area contributed by atoms with Gasteiger partial charge in [-0.2, -0.15) is 123 Å². The van der Waals surface area contributed by atoms with Crippen LogP contribution in [-0.2, 0) is 18.9 Å². The van der Waals surface area contributed by atoms with E-state index < -0.39 is 84.7 Å². The van der Waals surface area contributed by atoms with E-state index in [2.05, 4.69) is 0 Å². The highest BCUT2D eigenvalue weighted by atomic mass is 19.4. The molecule has 0 aliphatic carbocycles. The maximum Gasteiger partial charge on any atom is 0.475 e. The second-order valence-electron chi connectivity index (χ2n) is 7.36. The van der Waals surface area contributed by atoms with Gasteiger partial charge >= 0.3 is 84.7 Å². The van der Waals surface area contributed by atoms with Gasteiger partial charge in [0.2, 0.25) is 0 Å². The van der Waals surface area contributed by atoms with Crippen molar-refractivity contribution in [2.45, 2.75) is 72.6 Å². The highest BCUT2D eigenvalue weighted by Gasteiger charge is 2.87. The van der Waals surface area contributed by atoms with Gasteiger partial charge in [0.15, 0.2) is 0 Å². The molecule has 276 valence electrons. The van der Waals surface area contributed by atoms with Crippen LogP contribution in [0.4, 0.5) is 123 Å². The van der Waals surface area contributed by atoms with E-state index in [9.17, 15) is 123 Å². The first-order valence-electron chi connectivity index (χ1n) is 9.17. The molecule has 0 saturated carbocycles. The van der Waals surface area contributed by atoms with Crippen LogP contribution in [-0.4, -0.2) is 72.6 Å². The Morgan fingerprint density at radius 1 is 0.283 bits per heavy atom. The van der Waals surface area contributed by atoms with Crippen LogP contribution < -0.4 is 0 Å². The van der Waals surface area contributed by atoms with Crippen molar-refractivity contribution in [2.75, 3.05) is 0 Å². The van der Waals surface area contributed by atoms with Crippen molar-refractivity contribution in [3.05, 3.63) is 12.1 Å². The fourth-order valence-electron chi connectivity index (χ4n) is 1.76. The van der Waals surface area contributed by atoms with Crippen LogP contribution in [0.3, 0.4) is 0 Å². The fraction of sp³-hybridized carbons (Fsp3) is 0.857. The average Bonchev–Trinajstić information content (AvgIpc) is 2.74. The first-order chi connectivity index (χ1) is 19.4. The lowest BCUT2D eigenvalue weighted by Gasteiger charge is -2.39. The maximum absolute atomic E-state index is 13.4. The summed E-state index contributed by atoms with van der Waals surface area (Å²) in [5, 5.41) is 0. The van der Waals surface area contributed by atoms with E-state index in [0.717, 1.165) is 14.2 Å². The first-order valence-corrected chi connectivity index (χ1v) is 9.17. The van der Waals surface area contributed by atoms with Gasteiger partial charge in [-0.25, -0.2) is 14.2 Å². The largest absolute Gasteiger partial charge is 0.475 e. The van der Waals surface area contributed by atoms with E-state index in [4.69, 9.17) is 0 Å². The summed E-state index contributed by atoms with van der Waals surface area (Å²) in [6.07, 6.45) is -70.4. The molecule has 46 heavy (non-hydrogen) atoms. The van der Waals surface area contributed by atoms with E-state index in [1.54, 1.807) is 4.74 Å². The first kappa shape index (κ1) is 43.5. The highest BCUT2D eigenvalue weighted by Crippen LogP contribution is 2.58. The number of hydrogen-bond donors (Lipinski definition) is 0. The second-order valence-corrected chi connectivity index (χ2v) is 7.36. The molecule has 0 N–H and O–H groups in total. The van der Waals surface area contributed by atoms with Crippen LogP contribution in [0.25, 0.3) is 0 Å². The van der Waals surface area contributed by atoms with Gasteiger partial charge in [0.25, 0.3) is 0 Å². The van der Waals surface area contributed by atoms with Gasteiger partial charge in [-0.1, -0.05) is 0 Å². The highest BCUT2D eigenvalue weighted by molar-refractivity contribution is 4.96. The van der Waals surface area contributed by atoms with Crippen molar-refractivity contribution >= 4 is 0 Å². The van der Waals surface area contributed by atoms with Gasteiger partial charge in [-0.3, -0.25) is 0 Å². The quantitative estimate of drug-likeness (QED) is 0.123. The normalized spacial score (nSPS) is 16.1. The molecule has 0 amide bonds. The molecule has 0 aliphatic heterocycles. The third kappa shape index (κ3) is 7.29. The standard InChI is InChI=1S/C14F28O4/c15-1(16)2(17)43-8(29,30)4(20,21)10(33,34)45-12(37,38)6(24,25)14(41,42)46-13(39,40)5(22,23)11(35,36)44-9(31,32)3(18,19)7(26,27)28. The van der Waals surface area contributed by atoms with Crippen molar-refractivity contribution in [2.24, 2.45) is 0 Å². The van der Waals surface area contributed by atoms with Crippen molar-refractivity contribution in [1.29, 1.82) is 0 Å². The lowest BCUT2D eigenvalue weighted by molar-refractivity contribution is -0.563. The zero-order chi connectivity index (χ0) is 38.0. The summed E-state index contributed by atoms with van der Waals surface area (Å²) >= 11 is 0. The third-order valence-electron chi connectivity index (χ3n) is 4.05. The molecule has 0 aromatic rings. The van der Waals surface area contributed by atoms with E-state index in [-0.39, 0.29) is 0 Å². The molecular formula is C14F28O4. The van der Waals surface area contributed by atoms with Crippen LogP contribution in [0.5, 0.6) is 0 Å². The lowest BCUT2D eigenvalue weighted by atomic mass is 10.2. The molecule has 0 fully saturated rings. The SMILES string of the molecule is FC(F)=C(F)OC(F)(F)C(F)(F)C(F)(F)OC(F)(F)C(F)(F)C(F)(F)OC(F)(F)C(F)(F)C(F)(F)OC(F)(F)C(F)(F)C(F)(F)F. The summed E-state index contributed by atoms with van der Waals surface area (Å²) in [4.78, 5) is 0. The molecule has 4 nitrogen and oxygen atoms in total. The predicted octanol–water partition coefficient (Wildman–Crippen LogP) is 9.34. The maximum atomic E-state index is 13.4. The molecule has 0 spiro atoms. The summed E-state index contributed by atoms with van der Waals surface area (Å²) in [5.74, 6) is -33.8. The van der Waals surface area contributed by atoms with Crippen LogP contribution in [0, 0.1) is 0 Å². The van der Waals surface area contributed by atoms with Gasteiger partial charge in [0.1, 0.15) is 0 Å². The van der Waals surface area contributed by atoms with Gasteiger partial charge in [-0.05, 0) is 0 Å². The molecular weight excluding hydrogens is 764 g/mol. The van der Waals surface area contributed by atoms with E-state index in [0.29, 0.717) is 0 Å². The zero-order valence-corrected chi connectivity index (χ0v) is 19.2.